The standard InChI is InChI=1S/C46H27N3S2/c1-2-11-29(12-3-1)46-47-36(27-37(48-46)33-17-10-16-32-31-13-5-8-19-40(31)51-45(32)33)28-21-23-30(24-22-28)49-38-18-7-4-14-34(38)43-39(49)25-26-42-44(43)35-15-6-9-20-41(35)50-42/h1-27H. The molecule has 0 spiro atoms. The summed E-state index contributed by atoms with van der Waals surface area (Å²) in [5.41, 5.74) is 8.54. The van der Waals surface area contributed by atoms with E-state index in [0.717, 1.165) is 39.6 Å². The maximum Gasteiger partial charge on any atom is 0.160 e. The highest BCUT2D eigenvalue weighted by atomic mass is 32.1. The van der Waals surface area contributed by atoms with Crippen LogP contribution in [0.2, 0.25) is 0 Å². The molecular formula is C46H27N3S2. The number of rotatable bonds is 4. The molecule has 0 aliphatic heterocycles. The average molecular weight is 686 g/mol. The van der Waals surface area contributed by atoms with Crippen LogP contribution in [-0.2, 0) is 0 Å². The fourth-order valence-electron chi connectivity index (χ4n) is 7.73. The number of benzene rings is 7. The molecule has 4 aromatic heterocycles. The van der Waals surface area contributed by atoms with Crippen LogP contribution in [0.5, 0.6) is 0 Å². The van der Waals surface area contributed by atoms with Crippen molar-refractivity contribution in [2.45, 2.75) is 0 Å². The van der Waals surface area contributed by atoms with Crippen LogP contribution >= 0.6 is 22.7 Å². The van der Waals surface area contributed by atoms with E-state index in [0.29, 0.717) is 0 Å². The second-order valence-electron chi connectivity index (χ2n) is 12.9. The minimum atomic E-state index is 0.722. The first kappa shape index (κ1) is 28.7. The smallest absolute Gasteiger partial charge is 0.160 e. The molecule has 5 heteroatoms. The summed E-state index contributed by atoms with van der Waals surface area (Å²) in [6.45, 7) is 0. The maximum atomic E-state index is 5.18. The molecule has 0 aliphatic carbocycles. The van der Waals surface area contributed by atoms with Crippen molar-refractivity contribution in [1.29, 1.82) is 0 Å². The second-order valence-corrected chi connectivity index (χ2v) is 15.1. The van der Waals surface area contributed by atoms with Crippen molar-refractivity contribution >= 4 is 84.8 Å². The molecule has 4 heterocycles. The van der Waals surface area contributed by atoms with Gasteiger partial charge in [0.1, 0.15) is 0 Å². The summed E-state index contributed by atoms with van der Waals surface area (Å²) in [6.07, 6.45) is 0. The zero-order valence-corrected chi connectivity index (χ0v) is 28.9. The van der Waals surface area contributed by atoms with Crippen LogP contribution in [0.15, 0.2) is 164 Å². The fraction of sp³-hybridized carbons (Fsp3) is 0. The van der Waals surface area contributed by atoms with Crippen LogP contribution in [0.25, 0.3) is 102 Å². The Balaban J connectivity index is 1.09. The van der Waals surface area contributed by atoms with Gasteiger partial charge in [0.2, 0.25) is 0 Å². The van der Waals surface area contributed by atoms with Gasteiger partial charge in [-0.3, -0.25) is 0 Å². The minimum Gasteiger partial charge on any atom is -0.309 e. The van der Waals surface area contributed by atoms with Gasteiger partial charge in [-0.25, -0.2) is 9.97 Å². The van der Waals surface area contributed by atoms with Crippen LogP contribution in [0.4, 0.5) is 0 Å². The number of nitrogens with zero attached hydrogens (tertiary/aromatic N) is 3. The van der Waals surface area contributed by atoms with Gasteiger partial charge in [0.05, 0.1) is 22.4 Å². The molecule has 0 N–H and O–H groups in total. The Morgan fingerprint density at radius 2 is 1.10 bits per heavy atom. The molecule has 0 amide bonds. The number of hydrogen-bond donors (Lipinski definition) is 0. The highest BCUT2D eigenvalue weighted by Gasteiger charge is 2.19. The van der Waals surface area contributed by atoms with Crippen molar-refractivity contribution in [1.82, 2.24) is 14.5 Å². The first-order chi connectivity index (χ1) is 25.3. The van der Waals surface area contributed by atoms with Crippen molar-refractivity contribution in [3.8, 4) is 39.6 Å². The van der Waals surface area contributed by atoms with Gasteiger partial charge in [-0.05, 0) is 48.5 Å². The topological polar surface area (TPSA) is 30.7 Å². The third-order valence-corrected chi connectivity index (χ3v) is 12.4. The summed E-state index contributed by atoms with van der Waals surface area (Å²) in [7, 11) is 0. The third kappa shape index (κ3) is 4.42. The van der Waals surface area contributed by atoms with E-state index in [1.165, 1.54) is 62.2 Å². The van der Waals surface area contributed by atoms with E-state index in [2.05, 4.69) is 150 Å². The Hall–Kier alpha value is -6.14. The van der Waals surface area contributed by atoms with Crippen molar-refractivity contribution in [2.75, 3.05) is 0 Å². The maximum absolute atomic E-state index is 5.18. The molecule has 0 unspecified atom stereocenters. The van der Waals surface area contributed by atoms with E-state index in [4.69, 9.17) is 9.97 Å². The number of thiophene rings is 2. The van der Waals surface area contributed by atoms with E-state index in [1.54, 1.807) is 0 Å². The van der Waals surface area contributed by atoms with Crippen molar-refractivity contribution in [3.05, 3.63) is 164 Å². The van der Waals surface area contributed by atoms with Crippen LogP contribution in [0.3, 0.4) is 0 Å². The summed E-state index contributed by atoms with van der Waals surface area (Å²) in [4.78, 5) is 10.3. The summed E-state index contributed by atoms with van der Waals surface area (Å²) in [5.74, 6) is 0.722. The molecule has 7 aromatic carbocycles. The first-order valence-electron chi connectivity index (χ1n) is 17.1. The number of para-hydroxylation sites is 1. The number of aromatic nitrogens is 3. The van der Waals surface area contributed by atoms with Gasteiger partial charge in [-0.2, -0.15) is 0 Å². The molecule has 3 nitrogen and oxygen atoms in total. The number of hydrogen-bond acceptors (Lipinski definition) is 4. The normalized spacial score (nSPS) is 11.9. The lowest BCUT2D eigenvalue weighted by Crippen LogP contribution is -1.97. The molecular weight excluding hydrogens is 659 g/mol. The lowest BCUT2D eigenvalue weighted by Gasteiger charge is -2.12. The molecule has 0 radical (unpaired) electrons. The van der Waals surface area contributed by atoms with E-state index in [1.807, 2.05) is 40.9 Å². The van der Waals surface area contributed by atoms with Gasteiger partial charge < -0.3 is 4.57 Å². The highest BCUT2D eigenvalue weighted by Crippen LogP contribution is 2.44. The predicted octanol–water partition coefficient (Wildman–Crippen LogP) is 13.3. The summed E-state index contributed by atoms with van der Waals surface area (Å²) in [5, 5.41) is 7.79. The van der Waals surface area contributed by atoms with Gasteiger partial charge in [0.15, 0.2) is 5.82 Å². The van der Waals surface area contributed by atoms with E-state index >= 15 is 0 Å². The fourth-order valence-corrected chi connectivity index (χ4v) is 10.1. The lowest BCUT2D eigenvalue weighted by atomic mass is 10.0. The Labute approximate surface area is 301 Å². The molecule has 0 atom stereocenters. The summed E-state index contributed by atoms with van der Waals surface area (Å²) >= 11 is 3.70. The summed E-state index contributed by atoms with van der Waals surface area (Å²) in [6, 6.07) is 58.7. The van der Waals surface area contributed by atoms with Gasteiger partial charge in [0, 0.05) is 73.5 Å². The Bertz CT molecular complexity index is 3130. The molecule has 0 fully saturated rings. The first-order valence-corrected chi connectivity index (χ1v) is 18.7. The largest absolute Gasteiger partial charge is 0.309 e. The molecule has 238 valence electrons. The second kappa shape index (κ2) is 11.2. The zero-order chi connectivity index (χ0) is 33.5. The quantitative estimate of drug-likeness (QED) is 0.185. The Morgan fingerprint density at radius 1 is 0.412 bits per heavy atom. The van der Waals surface area contributed by atoms with Gasteiger partial charge in [0.25, 0.3) is 0 Å². The molecule has 0 saturated heterocycles. The van der Waals surface area contributed by atoms with Crippen molar-refractivity contribution < 1.29 is 0 Å². The number of fused-ring (bicyclic) bond motifs is 10. The predicted molar refractivity (Wildman–Crippen MR) is 218 cm³/mol. The van der Waals surface area contributed by atoms with Crippen molar-refractivity contribution in [3.63, 3.8) is 0 Å². The van der Waals surface area contributed by atoms with Crippen LogP contribution < -0.4 is 0 Å². The monoisotopic (exact) mass is 685 g/mol. The molecule has 0 aliphatic rings. The zero-order valence-electron chi connectivity index (χ0n) is 27.2. The highest BCUT2D eigenvalue weighted by molar-refractivity contribution is 7.26. The lowest BCUT2D eigenvalue weighted by molar-refractivity contribution is 1.17. The van der Waals surface area contributed by atoms with Crippen LogP contribution in [0, 0.1) is 0 Å². The molecule has 11 rings (SSSR count). The average Bonchev–Trinajstić information content (AvgIpc) is 3.87. The van der Waals surface area contributed by atoms with Crippen LogP contribution in [-0.4, -0.2) is 14.5 Å². The molecule has 0 saturated carbocycles. The van der Waals surface area contributed by atoms with E-state index < -0.39 is 0 Å². The summed E-state index contributed by atoms with van der Waals surface area (Å²) < 4.78 is 7.58. The van der Waals surface area contributed by atoms with Gasteiger partial charge in [-0.1, -0.05) is 115 Å². The van der Waals surface area contributed by atoms with Gasteiger partial charge in [-0.15, -0.1) is 22.7 Å². The van der Waals surface area contributed by atoms with Gasteiger partial charge >= 0.3 is 0 Å². The molecule has 11 aromatic rings. The molecule has 0 bridgehead atoms. The van der Waals surface area contributed by atoms with Crippen LogP contribution in [0.1, 0.15) is 0 Å². The molecule has 51 heavy (non-hydrogen) atoms. The van der Waals surface area contributed by atoms with Crippen molar-refractivity contribution in [2.24, 2.45) is 0 Å². The third-order valence-electron chi connectivity index (χ3n) is 10.0. The Kier molecular flexibility index (Phi) is 6.29. The van der Waals surface area contributed by atoms with E-state index in [9.17, 15) is 0 Å². The minimum absolute atomic E-state index is 0.722. The SMILES string of the molecule is c1ccc(-c2nc(-c3ccc(-n4c5ccccc5c5c6c(ccc54)sc4ccccc46)cc3)cc(-c3cccc4c3sc3ccccc34)n2)cc1. The van der Waals surface area contributed by atoms with E-state index in [-0.39, 0.29) is 0 Å². The Morgan fingerprint density at radius 3 is 1.94 bits per heavy atom.